The zero-order chi connectivity index (χ0) is 25.7. The lowest BCUT2D eigenvalue weighted by molar-refractivity contribution is -0.384. The maximum Gasteiger partial charge on any atom is 0.270 e. The van der Waals surface area contributed by atoms with Crippen molar-refractivity contribution in [3.8, 4) is 5.75 Å². The van der Waals surface area contributed by atoms with Gasteiger partial charge in [-0.2, -0.15) is 0 Å². The van der Waals surface area contributed by atoms with Crippen LogP contribution >= 0.6 is 15.9 Å². The lowest BCUT2D eigenvalue weighted by Gasteiger charge is -2.49. The smallest absolute Gasteiger partial charge is 0.270 e. The highest BCUT2D eigenvalue weighted by Crippen LogP contribution is 2.45. The average molecular weight is 550 g/mol. The van der Waals surface area contributed by atoms with E-state index in [2.05, 4.69) is 15.9 Å². The average Bonchev–Trinajstić information content (AvgIpc) is 3.10. The van der Waals surface area contributed by atoms with Gasteiger partial charge >= 0.3 is 0 Å². The Kier molecular flexibility index (Phi) is 5.83. The fourth-order valence-electron chi connectivity index (χ4n) is 4.66. The molecule has 3 amide bonds. The summed E-state index contributed by atoms with van der Waals surface area (Å²) >= 11 is 3.47. The summed E-state index contributed by atoms with van der Waals surface area (Å²) < 4.78 is 6.41. The molecule has 0 bridgehead atoms. The standard InChI is InChI=1S/C26H20BrN3O6/c1-3-36-18-8-4-15(5-9-18)22-23(26(33)28(22)16-7-11-21(27)14(2)12-16)29-24(31)19-10-6-17(30(34)35)13-20(19)25(29)32/h4-13,22-23H,3H2,1-2H3/t22-,23-/m0/s1. The Labute approximate surface area is 214 Å². The summed E-state index contributed by atoms with van der Waals surface area (Å²) in [5.74, 6) is -1.13. The number of hydrogen-bond donors (Lipinski definition) is 0. The number of hydrogen-bond acceptors (Lipinski definition) is 6. The van der Waals surface area contributed by atoms with Crippen LogP contribution in [-0.2, 0) is 4.79 Å². The number of imide groups is 1. The number of nitro benzene ring substituents is 1. The first-order valence-corrected chi connectivity index (χ1v) is 12.0. The molecule has 5 rings (SSSR count). The summed E-state index contributed by atoms with van der Waals surface area (Å²) in [6.07, 6.45) is 0. The number of carbonyl (C=O) groups excluding carboxylic acids is 3. The second-order valence-electron chi connectivity index (χ2n) is 8.50. The van der Waals surface area contributed by atoms with Gasteiger partial charge in [0.15, 0.2) is 0 Å². The molecule has 1 fully saturated rings. The predicted octanol–water partition coefficient (Wildman–Crippen LogP) is 4.82. The number of halogens is 1. The van der Waals surface area contributed by atoms with Crippen LogP contribution in [0.1, 0.15) is 44.8 Å². The van der Waals surface area contributed by atoms with E-state index in [9.17, 15) is 24.5 Å². The third-order valence-corrected chi connectivity index (χ3v) is 7.30. The van der Waals surface area contributed by atoms with Crippen LogP contribution in [0, 0.1) is 17.0 Å². The third-order valence-electron chi connectivity index (χ3n) is 6.41. The molecule has 9 nitrogen and oxygen atoms in total. The number of amides is 3. The first-order chi connectivity index (χ1) is 17.2. The summed E-state index contributed by atoms with van der Waals surface area (Å²) in [5.41, 5.74) is 1.93. The largest absolute Gasteiger partial charge is 0.494 e. The van der Waals surface area contributed by atoms with Gasteiger partial charge in [-0.1, -0.05) is 28.1 Å². The Morgan fingerprint density at radius 3 is 2.25 bits per heavy atom. The minimum Gasteiger partial charge on any atom is -0.494 e. The quantitative estimate of drug-likeness (QED) is 0.189. The number of aryl methyl sites for hydroxylation is 1. The van der Waals surface area contributed by atoms with Crippen LogP contribution in [0.2, 0.25) is 0 Å². The molecule has 10 heteroatoms. The van der Waals surface area contributed by atoms with Gasteiger partial charge in [0.25, 0.3) is 23.4 Å². The second kappa shape index (κ2) is 8.87. The molecule has 182 valence electrons. The molecule has 2 atom stereocenters. The van der Waals surface area contributed by atoms with Gasteiger partial charge in [-0.25, -0.2) is 0 Å². The van der Waals surface area contributed by atoms with Gasteiger partial charge in [-0.15, -0.1) is 0 Å². The van der Waals surface area contributed by atoms with Crippen LogP contribution in [0.25, 0.3) is 0 Å². The maximum atomic E-state index is 13.6. The molecule has 0 saturated carbocycles. The van der Waals surface area contributed by atoms with Crippen molar-refractivity contribution in [3.63, 3.8) is 0 Å². The van der Waals surface area contributed by atoms with E-state index >= 15 is 0 Å². The number of carbonyl (C=O) groups is 3. The summed E-state index contributed by atoms with van der Waals surface area (Å²) in [6, 6.07) is 14.4. The number of nitrogens with zero attached hydrogens (tertiary/aromatic N) is 3. The maximum absolute atomic E-state index is 13.6. The number of fused-ring (bicyclic) bond motifs is 1. The van der Waals surface area contributed by atoms with Gasteiger partial charge in [0.05, 0.1) is 28.7 Å². The Balaban J connectivity index is 1.57. The van der Waals surface area contributed by atoms with Crippen molar-refractivity contribution in [1.82, 2.24) is 4.90 Å². The van der Waals surface area contributed by atoms with E-state index in [-0.39, 0.29) is 16.8 Å². The van der Waals surface area contributed by atoms with Crippen molar-refractivity contribution in [2.24, 2.45) is 0 Å². The van der Waals surface area contributed by atoms with Crippen molar-refractivity contribution < 1.29 is 24.0 Å². The molecule has 2 aliphatic rings. The molecule has 0 aliphatic carbocycles. The van der Waals surface area contributed by atoms with Crippen LogP contribution < -0.4 is 9.64 Å². The monoisotopic (exact) mass is 549 g/mol. The molecule has 0 N–H and O–H groups in total. The van der Waals surface area contributed by atoms with E-state index < -0.39 is 34.7 Å². The molecule has 0 unspecified atom stereocenters. The first kappa shape index (κ1) is 23.7. The zero-order valence-electron chi connectivity index (χ0n) is 19.3. The van der Waals surface area contributed by atoms with Crippen LogP contribution in [0.3, 0.4) is 0 Å². The van der Waals surface area contributed by atoms with Gasteiger partial charge in [0.2, 0.25) is 0 Å². The molecule has 0 radical (unpaired) electrons. The molecular weight excluding hydrogens is 530 g/mol. The van der Waals surface area contributed by atoms with E-state index in [0.717, 1.165) is 21.0 Å². The number of anilines is 1. The highest BCUT2D eigenvalue weighted by molar-refractivity contribution is 9.10. The minimum atomic E-state index is -1.10. The third kappa shape index (κ3) is 3.65. The van der Waals surface area contributed by atoms with E-state index in [1.54, 1.807) is 35.2 Å². The molecule has 3 aromatic rings. The SMILES string of the molecule is CCOc1ccc([C@H]2[C@H](N3C(=O)c4ccc([N+](=O)[O-])cc4C3=O)C(=O)N2c2ccc(Br)c(C)c2)cc1. The highest BCUT2D eigenvalue weighted by atomic mass is 79.9. The Bertz CT molecular complexity index is 1440. The van der Waals surface area contributed by atoms with Gasteiger partial charge < -0.3 is 9.64 Å². The van der Waals surface area contributed by atoms with Crippen molar-refractivity contribution in [2.45, 2.75) is 25.9 Å². The van der Waals surface area contributed by atoms with Gasteiger partial charge in [0.1, 0.15) is 11.8 Å². The lowest BCUT2D eigenvalue weighted by Crippen LogP contribution is -2.67. The lowest BCUT2D eigenvalue weighted by atomic mass is 9.86. The Morgan fingerprint density at radius 1 is 0.917 bits per heavy atom. The molecule has 2 heterocycles. The summed E-state index contributed by atoms with van der Waals surface area (Å²) in [5, 5.41) is 11.2. The van der Waals surface area contributed by atoms with Crippen LogP contribution in [0.5, 0.6) is 5.75 Å². The number of non-ortho nitro benzene ring substituents is 1. The van der Waals surface area contributed by atoms with Gasteiger partial charge in [-0.3, -0.25) is 29.4 Å². The Hall–Kier alpha value is -4.05. The minimum absolute atomic E-state index is 0.0433. The fraction of sp³-hybridized carbons (Fsp3) is 0.192. The van der Waals surface area contributed by atoms with Gasteiger partial charge in [0, 0.05) is 22.3 Å². The number of β-lactam (4-membered cyclic amide) rings is 1. The van der Waals surface area contributed by atoms with Crippen molar-refractivity contribution in [2.75, 3.05) is 11.5 Å². The molecule has 1 saturated heterocycles. The van der Waals surface area contributed by atoms with Crippen LogP contribution in [0.15, 0.2) is 65.1 Å². The number of nitro groups is 1. The van der Waals surface area contributed by atoms with Gasteiger partial charge in [-0.05, 0) is 61.4 Å². The summed E-state index contributed by atoms with van der Waals surface area (Å²) in [7, 11) is 0. The first-order valence-electron chi connectivity index (χ1n) is 11.2. The number of ether oxygens (including phenoxy) is 1. The molecule has 2 aliphatic heterocycles. The molecule has 0 spiro atoms. The topological polar surface area (TPSA) is 110 Å². The number of benzene rings is 3. The van der Waals surface area contributed by atoms with E-state index in [1.165, 1.54) is 12.1 Å². The van der Waals surface area contributed by atoms with E-state index in [4.69, 9.17) is 4.74 Å². The Morgan fingerprint density at radius 2 is 1.61 bits per heavy atom. The molecule has 3 aromatic carbocycles. The van der Waals surface area contributed by atoms with Crippen molar-refractivity contribution in [3.05, 3.63) is 97.5 Å². The molecule has 36 heavy (non-hydrogen) atoms. The van der Waals surface area contributed by atoms with Crippen LogP contribution in [0.4, 0.5) is 11.4 Å². The summed E-state index contributed by atoms with van der Waals surface area (Å²) in [4.78, 5) is 53.2. The summed E-state index contributed by atoms with van der Waals surface area (Å²) in [6.45, 7) is 4.27. The van der Waals surface area contributed by atoms with Crippen molar-refractivity contribution in [1.29, 1.82) is 0 Å². The van der Waals surface area contributed by atoms with E-state index in [1.807, 2.05) is 26.0 Å². The highest BCUT2D eigenvalue weighted by Gasteiger charge is 2.57. The normalized spacial score (nSPS) is 18.8. The second-order valence-corrected chi connectivity index (χ2v) is 9.36. The zero-order valence-corrected chi connectivity index (χ0v) is 20.9. The number of rotatable bonds is 6. The fourth-order valence-corrected chi connectivity index (χ4v) is 4.91. The molecular formula is C26H20BrN3O6. The van der Waals surface area contributed by atoms with Crippen LogP contribution in [-0.4, -0.2) is 40.2 Å². The van der Waals surface area contributed by atoms with E-state index in [0.29, 0.717) is 23.6 Å². The molecule has 0 aromatic heterocycles. The predicted molar refractivity (Wildman–Crippen MR) is 134 cm³/mol. The van der Waals surface area contributed by atoms with Crippen molar-refractivity contribution >= 4 is 45.0 Å².